The fraction of sp³-hybridized carbons (Fsp3) is 0.853. The lowest BCUT2D eigenvalue weighted by atomic mass is 9.31. The van der Waals surface area contributed by atoms with Crippen LogP contribution in [0.3, 0.4) is 0 Å². The van der Waals surface area contributed by atoms with Crippen LogP contribution in [0.1, 0.15) is 107 Å². The van der Waals surface area contributed by atoms with Crippen molar-refractivity contribution in [2.75, 3.05) is 0 Å². The Kier molecular flexibility index (Phi) is 7.12. The molecular formula is C34H52O7. The number of hydrogen-bond acceptors (Lipinski definition) is 6. The Morgan fingerprint density at radius 2 is 1.41 bits per heavy atom. The number of carboxylic acid groups (broad SMARTS) is 1. The zero-order chi connectivity index (χ0) is 30.5. The summed E-state index contributed by atoms with van der Waals surface area (Å²) >= 11 is 0. The largest absolute Gasteiger partial charge is 0.481 e. The molecule has 5 aliphatic rings. The number of carboxylic acids is 1. The lowest BCUT2D eigenvalue weighted by molar-refractivity contribution is -0.281. The van der Waals surface area contributed by atoms with Crippen LogP contribution in [0.2, 0.25) is 0 Å². The molecule has 7 heteroatoms. The van der Waals surface area contributed by atoms with Crippen LogP contribution in [0.5, 0.6) is 0 Å². The Bertz CT molecular complexity index is 1140. The van der Waals surface area contributed by atoms with Crippen LogP contribution in [0.4, 0.5) is 0 Å². The summed E-state index contributed by atoms with van der Waals surface area (Å²) in [5.41, 5.74) is -1.63. The summed E-state index contributed by atoms with van der Waals surface area (Å²) in [4.78, 5) is 38.5. The van der Waals surface area contributed by atoms with E-state index in [2.05, 4.69) is 48.1 Å². The number of aliphatic hydroxyl groups excluding tert-OH is 1. The van der Waals surface area contributed by atoms with E-state index in [0.717, 1.165) is 31.3 Å². The minimum Gasteiger partial charge on any atom is -0.481 e. The normalized spacial score (nSPS) is 49.9. The maximum absolute atomic E-state index is 13.9. The molecule has 5 fully saturated rings. The van der Waals surface area contributed by atoms with Crippen molar-refractivity contribution in [1.82, 2.24) is 0 Å². The number of carbonyl (C=O) groups is 3. The number of aliphatic carboxylic acids is 1. The first kappa shape index (κ1) is 30.6. The Morgan fingerprint density at radius 3 is 1.98 bits per heavy atom. The first-order chi connectivity index (χ1) is 18.9. The highest BCUT2D eigenvalue weighted by molar-refractivity contribution is 5.77. The molecule has 12 atom stereocenters. The van der Waals surface area contributed by atoms with Crippen molar-refractivity contribution < 1.29 is 34.1 Å². The quantitative estimate of drug-likeness (QED) is 0.306. The zero-order valence-corrected chi connectivity index (χ0v) is 26.4. The van der Waals surface area contributed by atoms with Crippen LogP contribution in [-0.4, -0.2) is 46.4 Å². The van der Waals surface area contributed by atoms with Gasteiger partial charge < -0.3 is 19.7 Å². The van der Waals surface area contributed by atoms with Gasteiger partial charge in [-0.05, 0) is 92.3 Å². The Balaban J connectivity index is 1.65. The summed E-state index contributed by atoms with van der Waals surface area (Å²) in [6.07, 6.45) is 4.09. The van der Waals surface area contributed by atoms with Crippen molar-refractivity contribution in [1.29, 1.82) is 0 Å². The molecule has 5 aliphatic carbocycles. The van der Waals surface area contributed by atoms with Gasteiger partial charge in [-0.15, -0.1) is 0 Å². The van der Waals surface area contributed by atoms with Gasteiger partial charge in [-0.25, -0.2) is 0 Å². The third-order valence-corrected chi connectivity index (χ3v) is 14.1. The SMILES string of the molecule is C=C(C)[C@@H]1C[C@H](O)[C@]2(C)CC[C@]3(C)[C@H](CC[C@@H]4[C@]5(C)[C@H](CC[C@]43C(=O)O)C(C)(C)[C@@H](OC(C)=O)C[C@H]5OC(C)=O)[C@@H]12. The molecule has 0 unspecified atom stereocenters. The summed E-state index contributed by atoms with van der Waals surface area (Å²) in [7, 11) is 0. The third-order valence-electron chi connectivity index (χ3n) is 14.1. The van der Waals surface area contributed by atoms with Crippen LogP contribution in [-0.2, 0) is 23.9 Å². The van der Waals surface area contributed by atoms with Crippen molar-refractivity contribution in [3.63, 3.8) is 0 Å². The molecule has 0 spiro atoms. The van der Waals surface area contributed by atoms with Crippen molar-refractivity contribution in [2.45, 2.75) is 125 Å². The summed E-state index contributed by atoms with van der Waals surface area (Å²) in [5, 5.41) is 22.7. The van der Waals surface area contributed by atoms with Crippen LogP contribution in [0.15, 0.2) is 12.2 Å². The van der Waals surface area contributed by atoms with Gasteiger partial charge in [-0.3, -0.25) is 14.4 Å². The lowest BCUT2D eigenvalue weighted by Gasteiger charge is -2.72. The minimum absolute atomic E-state index is 0.0143. The molecular weight excluding hydrogens is 520 g/mol. The molecule has 0 aromatic rings. The molecule has 0 aromatic carbocycles. The molecule has 0 heterocycles. The van der Waals surface area contributed by atoms with Crippen LogP contribution >= 0.6 is 0 Å². The van der Waals surface area contributed by atoms with E-state index in [1.807, 2.05) is 0 Å². The van der Waals surface area contributed by atoms with Crippen LogP contribution in [0.25, 0.3) is 0 Å². The van der Waals surface area contributed by atoms with Crippen molar-refractivity contribution >= 4 is 17.9 Å². The molecule has 5 rings (SSSR count). The molecule has 41 heavy (non-hydrogen) atoms. The van der Waals surface area contributed by atoms with Gasteiger partial charge in [0.1, 0.15) is 12.2 Å². The number of esters is 2. The van der Waals surface area contributed by atoms with E-state index in [1.54, 1.807) is 0 Å². The van der Waals surface area contributed by atoms with Gasteiger partial charge in [-0.1, -0.05) is 46.8 Å². The fourth-order valence-corrected chi connectivity index (χ4v) is 12.2. The molecule has 0 aliphatic heterocycles. The molecule has 230 valence electrons. The van der Waals surface area contributed by atoms with Crippen molar-refractivity contribution in [3.8, 4) is 0 Å². The van der Waals surface area contributed by atoms with E-state index in [9.17, 15) is 24.6 Å². The molecule has 2 N–H and O–H groups in total. The maximum Gasteiger partial charge on any atom is 0.310 e. The molecule has 0 aromatic heterocycles. The number of ether oxygens (including phenoxy) is 2. The summed E-state index contributed by atoms with van der Waals surface area (Å²) in [6, 6.07) is 0. The van der Waals surface area contributed by atoms with Gasteiger partial charge in [0.15, 0.2) is 0 Å². The number of carbonyl (C=O) groups excluding carboxylic acids is 2. The van der Waals surface area contributed by atoms with Gasteiger partial charge in [0.25, 0.3) is 0 Å². The molecule has 0 radical (unpaired) electrons. The average molecular weight is 573 g/mol. The summed E-state index contributed by atoms with van der Waals surface area (Å²) < 4.78 is 11.9. The molecule has 0 bridgehead atoms. The van der Waals surface area contributed by atoms with E-state index in [4.69, 9.17) is 9.47 Å². The van der Waals surface area contributed by atoms with Gasteiger partial charge in [0, 0.05) is 31.1 Å². The molecule has 0 saturated heterocycles. The molecule has 0 amide bonds. The topological polar surface area (TPSA) is 110 Å². The number of rotatable bonds is 4. The summed E-state index contributed by atoms with van der Waals surface area (Å²) in [5.74, 6) is -1.13. The molecule has 7 nitrogen and oxygen atoms in total. The third kappa shape index (κ3) is 3.88. The standard InChI is InChI=1S/C34H52O7/c1-18(2)21-16-25(37)31(7)14-15-32(8)22(28(21)31)10-11-24-33(9)23(12-13-34(24,32)29(38)39)30(5,6)26(40-19(3)35)17-27(33)41-20(4)36/h21-28,37H,1,10-17H2,2-9H3,(H,38,39)/t21-,22+,23+,24+,25-,26-,27+,28+,31-,32+,33-,34+/m0/s1. The van der Waals surface area contributed by atoms with Crippen molar-refractivity contribution in [3.05, 3.63) is 12.2 Å². The van der Waals surface area contributed by atoms with Gasteiger partial charge in [0.05, 0.1) is 11.5 Å². The van der Waals surface area contributed by atoms with Crippen LogP contribution in [0, 0.1) is 56.7 Å². The highest BCUT2D eigenvalue weighted by Gasteiger charge is 2.77. The van der Waals surface area contributed by atoms with E-state index in [1.165, 1.54) is 13.8 Å². The zero-order valence-electron chi connectivity index (χ0n) is 26.4. The minimum atomic E-state index is -0.988. The maximum atomic E-state index is 13.9. The monoisotopic (exact) mass is 572 g/mol. The highest BCUT2D eigenvalue weighted by atomic mass is 16.6. The molecule has 5 saturated carbocycles. The van der Waals surface area contributed by atoms with E-state index >= 15 is 0 Å². The van der Waals surface area contributed by atoms with Crippen molar-refractivity contribution in [2.24, 2.45) is 56.7 Å². The predicted octanol–water partition coefficient (Wildman–Crippen LogP) is 6.17. The average Bonchev–Trinajstić information content (AvgIpc) is 3.12. The number of aliphatic hydroxyl groups is 1. The first-order valence-electron chi connectivity index (χ1n) is 15.8. The number of allylic oxidation sites excluding steroid dienone is 1. The van der Waals surface area contributed by atoms with E-state index < -0.39 is 45.9 Å². The second-order valence-electron chi connectivity index (χ2n) is 15.9. The Morgan fingerprint density at radius 1 is 0.805 bits per heavy atom. The van der Waals surface area contributed by atoms with Gasteiger partial charge >= 0.3 is 17.9 Å². The Labute approximate surface area is 245 Å². The van der Waals surface area contributed by atoms with Gasteiger partial charge in [0.2, 0.25) is 0 Å². The smallest absolute Gasteiger partial charge is 0.310 e. The fourth-order valence-electron chi connectivity index (χ4n) is 12.2. The predicted molar refractivity (Wildman–Crippen MR) is 154 cm³/mol. The van der Waals surface area contributed by atoms with E-state index in [-0.39, 0.29) is 46.9 Å². The number of hydrogen-bond donors (Lipinski definition) is 2. The summed E-state index contributed by atoms with van der Waals surface area (Å²) in [6.45, 7) is 20.1. The number of fused-ring (bicyclic) bond motifs is 7. The Hall–Kier alpha value is -1.89. The first-order valence-corrected chi connectivity index (χ1v) is 15.8. The second-order valence-corrected chi connectivity index (χ2v) is 15.9. The highest BCUT2D eigenvalue weighted by Crippen LogP contribution is 2.78. The second kappa shape index (κ2) is 9.56. The van der Waals surface area contributed by atoms with E-state index in [0.29, 0.717) is 25.7 Å². The lowest BCUT2D eigenvalue weighted by Crippen LogP contribution is -2.72. The van der Waals surface area contributed by atoms with Gasteiger partial charge in [-0.2, -0.15) is 0 Å². The van der Waals surface area contributed by atoms with Crippen LogP contribution < -0.4 is 0 Å².